The van der Waals surface area contributed by atoms with Gasteiger partial charge < -0.3 is 30.3 Å². The van der Waals surface area contributed by atoms with Gasteiger partial charge in [-0.25, -0.2) is 0 Å². The molecule has 0 saturated carbocycles. The van der Waals surface area contributed by atoms with Crippen molar-refractivity contribution < 1.29 is 35.8 Å². The van der Waals surface area contributed by atoms with Crippen molar-refractivity contribution in [3.05, 3.63) is 124 Å². The molecule has 6 rings (SSSR count). The Hall–Kier alpha value is -1.92. The maximum absolute atomic E-state index is 13.2. The van der Waals surface area contributed by atoms with Crippen LogP contribution in [-0.4, -0.2) is 52.5 Å². The predicted octanol–water partition coefficient (Wildman–Crippen LogP) is 13.0. The van der Waals surface area contributed by atoms with Crippen LogP contribution in [0.25, 0.3) is 0 Å². The van der Waals surface area contributed by atoms with Gasteiger partial charge in [-0.2, -0.15) is 53.3 Å². The minimum Gasteiger partial charge on any atom is -0.497 e. The van der Waals surface area contributed by atoms with E-state index in [1.54, 1.807) is 32.4 Å². The number of ether oxygens (including phenoxy) is 2. The van der Waals surface area contributed by atoms with Gasteiger partial charge >= 0.3 is 12.4 Å². The van der Waals surface area contributed by atoms with Gasteiger partial charge in [0.05, 0.1) is 25.3 Å². The van der Waals surface area contributed by atoms with E-state index in [1.807, 2.05) is 41.3 Å². The zero-order valence-electron chi connectivity index (χ0n) is 32.8. The summed E-state index contributed by atoms with van der Waals surface area (Å²) in [5, 5.41) is 10.5. The quantitative estimate of drug-likeness (QED) is 0.145. The molecule has 0 radical (unpaired) electrons. The van der Waals surface area contributed by atoms with Crippen molar-refractivity contribution in [1.82, 2.24) is 16.0 Å². The molecule has 4 aromatic carbocycles. The summed E-state index contributed by atoms with van der Waals surface area (Å²) in [5.41, 5.74) is 1.43. The van der Waals surface area contributed by atoms with E-state index >= 15 is 0 Å². The average molecular weight is 1060 g/mol. The number of benzene rings is 4. The maximum atomic E-state index is 13.2. The Kier molecular flexibility index (Phi) is 36.5. The molecule has 0 unspecified atom stereocenters. The number of nitrogens with one attached hydrogen (secondary N) is 3. The van der Waals surface area contributed by atoms with Gasteiger partial charge in [-0.15, -0.1) is 49.6 Å². The van der Waals surface area contributed by atoms with Crippen molar-refractivity contribution >= 4 is 98.2 Å². The van der Waals surface area contributed by atoms with E-state index < -0.39 is 23.5 Å². The average Bonchev–Trinajstić information content (AvgIpc) is 3.84. The summed E-state index contributed by atoms with van der Waals surface area (Å²) in [5.74, 6) is 1.72. The number of alkyl halides is 6. The van der Waals surface area contributed by atoms with Crippen molar-refractivity contribution in [3.63, 3.8) is 0 Å². The number of nitrogens with zero attached hydrogens (tertiary/aromatic N) is 1. The Morgan fingerprint density at radius 3 is 1.54 bits per heavy atom. The lowest BCUT2D eigenvalue weighted by Crippen LogP contribution is -2.34. The van der Waals surface area contributed by atoms with E-state index in [9.17, 15) is 26.3 Å². The first-order valence-electron chi connectivity index (χ1n) is 17.4. The Morgan fingerprint density at radius 1 is 0.656 bits per heavy atom. The molecule has 4 aromatic rings. The largest absolute Gasteiger partial charge is 0.497 e. The van der Waals surface area contributed by atoms with E-state index in [1.165, 1.54) is 30.2 Å². The van der Waals surface area contributed by atoms with Crippen molar-refractivity contribution in [3.8, 4) is 11.5 Å². The number of halogens is 11. The summed E-state index contributed by atoms with van der Waals surface area (Å²) >= 11 is 2.81. The van der Waals surface area contributed by atoms with Gasteiger partial charge in [-0.1, -0.05) is 79.3 Å². The first-order valence-corrected chi connectivity index (χ1v) is 18.2. The number of para-hydroxylation sites is 1. The second-order valence-electron chi connectivity index (χ2n) is 12.9. The van der Waals surface area contributed by atoms with Crippen LogP contribution in [0.2, 0.25) is 0 Å². The molecule has 19 heteroatoms. The van der Waals surface area contributed by atoms with Gasteiger partial charge in [0, 0.05) is 54.0 Å². The Morgan fingerprint density at radius 2 is 1.11 bits per heavy atom. The highest BCUT2D eigenvalue weighted by molar-refractivity contribution is 9.10. The fraction of sp³-hybridized carbons (Fsp3) is 0.429. The van der Waals surface area contributed by atoms with E-state index in [0.717, 1.165) is 48.7 Å². The van der Waals surface area contributed by atoms with Gasteiger partial charge in [-0.3, -0.25) is 0 Å². The van der Waals surface area contributed by atoms with E-state index in [4.69, 9.17) is 9.47 Å². The standard InChI is InChI=1S/C20H23F3N2O.C13H20N2O.C7H4BrF3.2CH4.4ClH.2H2S/c1-14(15-6-5-7-17(12-15)26-2)24-16-10-11-25(13-16)19-9-4-3-8-18(19)20(21,22)23;1-10(15-12-6-7-14-9-12)11-4-3-5-13(8-11)16-2;8-6-4-2-1-3-5(6)7(9,10)11;;;;;;;;/h3-9,12,14,16,24H,10-11,13H2,1-2H3;3-5,8,10,12,14-15H,6-7,9H2,1-2H3;1-4H;2*1H4;4*1H;2*1H2/t14-,16+;10-,12+;;;;;;;;;/m11........./s1. The minimum atomic E-state index is -4.34. The number of hydrogen-bond donors (Lipinski definition) is 3. The number of rotatable bonds is 9. The fourth-order valence-electron chi connectivity index (χ4n) is 6.31. The molecule has 0 bridgehead atoms. The van der Waals surface area contributed by atoms with E-state index in [2.05, 4.69) is 57.9 Å². The van der Waals surface area contributed by atoms with Crippen LogP contribution in [0, 0.1) is 0 Å². The SMILES string of the molecule is C.C.COc1cccc([C@@H](C)N[C@H]2CCN(c3ccccc3C(F)(F)F)C2)c1.COc1cccc([C@@H](C)N[C@H]2CCNC2)c1.Cl.Cl.Cl.Cl.FC(F)(F)c1ccccc1Br.S.S. The molecule has 2 aliphatic rings. The molecule has 0 aromatic heterocycles. The number of hydrogen-bond acceptors (Lipinski definition) is 6. The van der Waals surface area contributed by atoms with Crippen molar-refractivity contribution in [1.29, 1.82) is 0 Å². The third-order valence-electron chi connectivity index (χ3n) is 9.14. The summed E-state index contributed by atoms with van der Waals surface area (Å²) < 4.78 is 86.4. The normalized spacial score (nSPS) is 15.9. The molecule has 0 aliphatic carbocycles. The first-order chi connectivity index (χ1) is 25.2. The van der Waals surface area contributed by atoms with Crippen LogP contribution in [0.5, 0.6) is 11.5 Å². The second-order valence-corrected chi connectivity index (χ2v) is 13.8. The zero-order chi connectivity index (χ0) is 38.6. The van der Waals surface area contributed by atoms with Crippen LogP contribution in [0.15, 0.2) is 102 Å². The molecule has 3 N–H and O–H groups in total. The molecular weight excluding hydrogens is 992 g/mol. The summed E-state index contributed by atoms with van der Waals surface area (Å²) in [4.78, 5) is 1.82. The van der Waals surface area contributed by atoms with Crippen molar-refractivity contribution in [2.45, 2.75) is 78.1 Å². The van der Waals surface area contributed by atoms with Gasteiger partial charge in [-0.05, 0) is 92.9 Å². The summed E-state index contributed by atoms with van der Waals surface area (Å²) in [7, 11) is 3.34. The topological polar surface area (TPSA) is 57.8 Å². The van der Waals surface area contributed by atoms with Crippen LogP contribution < -0.4 is 30.3 Å². The van der Waals surface area contributed by atoms with Gasteiger partial charge in [0.1, 0.15) is 11.5 Å². The van der Waals surface area contributed by atoms with Crippen LogP contribution in [0.1, 0.15) is 75.9 Å². The number of anilines is 1. The van der Waals surface area contributed by atoms with Crippen LogP contribution >= 0.6 is 92.5 Å². The highest BCUT2D eigenvalue weighted by Gasteiger charge is 2.36. The molecule has 0 amide bonds. The van der Waals surface area contributed by atoms with Gasteiger partial charge in [0.2, 0.25) is 0 Å². The predicted molar refractivity (Wildman–Crippen MR) is 265 cm³/mol. The summed E-state index contributed by atoms with van der Waals surface area (Å²) in [6.45, 7) is 7.63. The number of methoxy groups -OCH3 is 2. The summed E-state index contributed by atoms with van der Waals surface area (Å²) in [6.07, 6.45) is -6.58. The lowest BCUT2D eigenvalue weighted by molar-refractivity contribution is -0.138. The molecular formula is C42H63BrCl4F6N4O2S2. The van der Waals surface area contributed by atoms with Crippen molar-refractivity contribution in [2.75, 3.05) is 45.3 Å². The smallest absolute Gasteiger partial charge is 0.418 e. The molecule has 0 spiro atoms. The Labute approximate surface area is 406 Å². The molecule has 4 atom stereocenters. The van der Waals surface area contributed by atoms with Crippen LogP contribution in [0.4, 0.5) is 32.0 Å². The molecule has 6 nitrogen and oxygen atoms in total. The lowest BCUT2D eigenvalue weighted by Gasteiger charge is -2.24. The maximum Gasteiger partial charge on any atom is 0.418 e. The van der Waals surface area contributed by atoms with E-state index in [-0.39, 0.29) is 114 Å². The second kappa shape index (κ2) is 32.7. The fourth-order valence-corrected chi connectivity index (χ4v) is 6.82. The van der Waals surface area contributed by atoms with Gasteiger partial charge in [0.25, 0.3) is 0 Å². The Bertz CT molecular complexity index is 1750. The lowest BCUT2D eigenvalue weighted by atomic mass is 10.1. The molecule has 61 heavy (non-hydrogen) atoms. The highest BCUT2D eigenvalue weighted by Crippen LogP contribution is 2.38. The molecule has 2 saturated heterocycles. The summed E-state index contributed by atoms with van der Waals surface area (Å²) in [6, 6.07) is 28.4. The highest BCUT2D eigenvalue weighted by atomic mass is 79.9. The first kappa shape index (κ1) is 68.1. The third-order valence-corrected chi connectivity index (χ3v) is 9.83. The zero-order valence-corrected chi connectivity index (χ0v) is 39.7. The van der Waals surface area contributed by atoms with E-state index in [0.29, 0.717) is 25.2 Å². The van der Waals surface area contributed by atoms with Crippen LogP contribution in [0.3, 0.4) is 0 Å². The Balaban J connectivity index is -0.000000261. The molecule has 2 heterocycles. The minimum absolute atomic E-state index is 0. The van der Waals surface area contributed by atoms with Crippen LogP contribution in [-0.2, 0) is 12.4 Å². The molecule has 2 aliphatic heterocycles. The molecule has 352 valence electrons. The monoisotopic (exact) mass is 1050 g/mol. The van der Waals surface area contributed by atoms with Crippen molar-refractivity contribution in [2.24, 2.45) is 0 Å². The van der Waals surface area contributed by atoms with Gasteiger partial charge in [0.15, 0.2) is 0 Å². The molecule has 2 fully saturated rings. The third kappa shape index (κ3) is 21.5.